The number of hydrogen-bond donors (Lipinski definition) is 0. The van der Waals surface area contributed by atoms with Crippen molar-refractivity contribution in [1.29, 1.82) is 0 Å². The van der Waals surface area contributed by atoms with Crippen molar-refractivity contribution in [2.24, 2.45) is 0 Å². The molecule has 8 rings (SSSR count). The Morgan fingerprint density at radius 2 is 0.829 bits per heavy atom. The molecule has 41 heavy (non-hydrogen) atoms. The molecule has 0 aliphatic heterocycles. The van der Waals surface area contributed by atoms with Crippen LogP contribution in [0.15, 0.2) is 156 Å². The number of para-hydroxylation sites is 2. The highest BCUT2D eigenvalue weighted by Gasteiger charge is 2.16. The van der Waals surface area contributed by atoms with Gasteiger partial charge < -0.3 is 4.42 Å². The number of benzene rings is 6. The molecule has 0 fully saturated rings. The van der Waals surface area contributed by atoms with Gasteiger partial charge in [-0.2, -0.15) is 0 Å². The molecule has 0 N–H and O–H groups in total. The van der Waals surface area contributed by atoms with Crippen molar-refractivity contribution in [3.63, 3.8) is 0 Å². The fourth-order valence-electron chi connectivity index (χ4n) is 6.05. The summed E-state index contributed by atoms with van der Waals surface area (Å²) < 4.78 is 6.65. The summed E-state index contributed by atoms with van der Waals surface area (Å²) in [5, 5.41) is 4.73. The molecule has 0 amide bonds. The van der Waals surface area contributed by atoms with Crippen LogP contribution in [-0.4, -0.2) is 4.98 Å². The lowest BCUT2D eigenvalue weighted by Gasteiger charge is -2.12. The van der Waals surface area contributed by atoms with Gasteiger partial charge in [-0.1, -0.05) is 133 Å². The zero-order chi connectivity index (χ0) is 27.2. The quantitative estimate of drug-likeness (QED) is 0.229. The maximum absolute atomic E-state index is 6.65. The van der Waals surface area contributed by atoms with Crippen molar-refractivity contribution in [2.45, 2.75) is 0 Å². The Hall–Kier alpha value is -5.47. The second-order valence-corrected chi connectivity index (χ2v) is 10.4. The molecule has 8 aromatic rings. The number of pyridine rings is 1. The van der Waals surface area contributed by atoms with Crippen LogP contribution in [0.25, 0.3) is 77.2 Å². The third-order valence-corrected chi connectivity index (χ3v) is 8.01. The lowest BCUT2D eigenvalue weighted by Crippen LogP contribution is -1.87. The van der Waals surface area contributed by atoms with Gasteiger partial charge in [-0.25, -0.2) is 0 Å². The molecule has 2 heterocycles. The lowest BCUT2D eigenvalue weighted by atomic mass is 9.92. The molecule has 2 aromatic heterocycles. The van der Waals surface area contributed by atoms with Crippen molar-refractivity contribution in [3.8, 4) is 44.5 Å². The van der Waals surface area contributed by atoms with Crippen LogP contribution >= 0.6 is 0 Å². The number of furan rings is 1. The Kier molecular flexibility index (Phi) is 5.49. The number of hydrogen-bond acceptors (Lipinski definition) is 2. The second kappa shape index (κ2) is 9.62. The fraction of sp³-hybridized carbons (Fsp3) is 0. The van der Waals surface area contributed by atoms with Crippen molar-refractivity contribution in [1.82, 2.24) is 4.98 Å². The predicted octanol–water partition coefficient (Wildman–Crippen LogP) is 10.8. The Bertz CT molecular complexity index is 2180. The van der Waals surface area contributed by atoms with Gasteiger partial charge in [-0.15, -0.1) is 0 Å². The first kappa shape index (κ1) is 23.4. The number of rotatable bonds is 4. The Morgan fingerprint density at radius 1 is 0.341 bits per heavy atom. The number of fused-ring (bicyclic) bond motifs is 4. The molecule has 0 bridgehead atoms. The van der Waals surface area contributed by atoms with Gasteiger partial charge in [0.15, 0.2) is 0 Å². The summed E-state index contributed by atoms with van der Waals surface area (Å²) in [4.78, 5) is 4.33. The van der Waals surface area contributed by atoms with Crippen molar-refractivity contribution >= 4 is 32.7 Å². The van der Waals surface area contributed by atoms with Gasteiger partial charge >= 0.3 is 0 Å². The molecule has 0 saturated carbocycles. The molecule has 0 saturated heterocycles. The van der Waals surface area contributed by atoms with Crippen LogP contribution in [0, 0.1) is 0 Å². The van der Waals surface area contributed by atoms with Crippen LogP contribution in [0.4, 0.5) is 0 Å². The van der Waals surface area contributed by atoms with Gasteiger partial charge in [0.1, 0.15) is 11.2 Å². The smallest absolute Gasteiger partial charge is 0.143 e. The standard InChI is InChI=1S/C39H25NO/c1-2-9-26(10-3-1)32-14-6-16-36-37-17-7-15-33(39(37)41-38(32)36)28-20-18-27(19-21-28)30-22-23-31(29-11-8-24-40-25-29)35-13-5-4-12-34(30)35/h1-25H. The third kappa shape index (κ3) is 3.92. The normalized spacial score (nSPS) is 11.4. The van der Waals surface area contributed by atoms with E-state index < -0.39 is 0 Å². The molecule has 0 aliphatic rings. The highest BCUT2D eigenvalue weighted by molar-refractivity contribution is 6.13. The average molecular weight is 524 g/mol. The maximum atomic E-state index is 6.65. The average Bonchev–Trinajstić information content (AvgIpc) is 3.44. The third-order valence-electron chi connectivity index (χ3n) is 8.01. The van der Waals surface area contributed by atoms with Gasteiger partial charge in [0.2, 0.25) is 0 Å². The minimum Gasteiger partial charge on any atom is -0.455 e. The zero-order valence-electron chi connectivity index (χ0n) is 22.3. The SMILES string of the molecule is c1ccc(-c2cccc3c2oc2c(-c4ccc(-c5ccc(-c6cccnc6)c6ccccc56)cc4)cccc23)cc1. The fourth-order valence-corrected chi connectivity index (χ4v) is 6.05. The van der Waals surface area contributed by atoms with Gasteiger partial charge in [0.05, 0.1) is 0 Å². The molecule has 0 spiro atoms. The minimum atomic E-state index is 0.921. The summed E-state index contributed by atoms with van der Waals surface area (Å²) in [6.07, 6.45) is 3.74. The lowest BCUT2D eigenvalue weighted by molar-refractivity contribution is 0.671. The summed E-state index contributed by atoms with van der Waals surface area (Å²) in [5.74, 6) is 0. The van der Waals surface area contributed by atoms with E-state index in [1.807, 2.05) is 24.5 Å². The van der Waals surface area contributed by atoms with Crippen molar-refractivity contribution in [3.05, 3.63) is 152 Å². The summed E-state index contributed by atoms with van der Waals surface area (Å²) in [6.45, 7) is 0. The minimum absolute atomic E-state index is 0.921. The number of nitrogens with zero attached hydrogens (tertiary/aromatic N) is 1. The van der Waals surface area contributed by atoms with E-state index in [4.69, 9.17) is 4.42 Å². The zero-order valence-corrected chi connectivity index (χ0v) is 22.3. The van der Waals surface area contributed by atoms with E-state index >= 15 is 0 Å². The van der Waals surface area contributed by atoms with Gasteiger partial charge in [0, 0.05) is 39.9 Å². The summed E-state index contributed by atoms with van der Waals surface area (Å²) in [6, 6.07) is 49.3. The van der Waals surface area contributed by atoms with E-state index in [0.717, 1.165) is 49.8 Å². The van der Waals surface area contributed by atoms with Gasteiger partial charge in [0.25, 0.3) is 0 Å². The van der Waals surface area contributed by atoms with E-state index in [1.54, 1.807) is 0 Å². The van der Waals surface area contributed by atoms with Crippen LogP contribution in [-0.2, 0) is 0 Å². The molecule has 0 unspecified atom stereocenters. The highest BCUT2D eigenvalue weighted by Crippen LogP contribution is 2.41. The molecule has 6 aromatic carbocycles. The molecule has 2 heteroatoms. The summed E-state index contributed by atoms with van der Waals surface area (Å²) >= 11 is 0. The first-order chi connectivity index (χ1) is 20.3. The number of aromatic nitrogens is 1. The van der Waals surface area contributed by atoms with Crippen molar-refractivity contribution in [2.75, 3.05) is 0 Å². The summed E-state index contributed by atoms with van der Waals surface area (Å²) in [5.41, 5.74) is 11.1. The van der Waals surface area contributed by atoms with Gasteiger partial charge in [-0.3, -0.25) is 4.98 Å². The highest BCUT2D eigenvalue weighted by atomic mass is 16.3. The maximum Gasteiger partial charge on any atom is 0.143 e. The van der Waals surface area contributed by atoms with Crippen molar-refractivity contribution < 1.29 is 4.42 Å². The Labute approximate surface area is 238 Å². The Balaban J connectivity index is 1.23. The van der Waals surface area contributed by atoms with Crippen LogP contribution < -0.4 is 0 Å². The summed E-state index contributed by atoms with van der Waals surface area (Å²) in [7, 11) is 0. The molecule has 192 valence electrons. The molecular formula is C39H25NO. The molecule has 0 radical (unpaired) electrons. The molecular weight excluding hydrogens is 498 g/mol. The first-order valence-corrected chi connectivity index (χ1v) is 13.9. The monoisotopic (exact) mass is 523 g/mol. The van der Waals surface area contributed by atoms with Crippen LogP contribution in [0.5, 0.6) is 0 Å². The topological polar surface area (TPSA) is 26.0 Å². The van der Waals surface area contributed by atoms with E-state index in [-0.39, 0.29) is 0 Å². The molecule has 0 aliphatic carbocycles. The predicted molar refractivity (Wildman–Crippen MR) is 171 cm³/mol. The van der Waals surface area contributed by atoms with E-state index in [2.05, 4.69) is 132 Å². The second-order valence-electron chi connectivity index (χ2n) is 10.4. The molecule has 0 atom stereocenters. The van der Waals surface area contributed by atoms with E-state index in [9.17, 15) is 0 Å². The molecule has 2 nitrogen and oxygen atoms in total. The van der Waals surface area contributed by atoms with Crippen LogP contribution in [0.3, 0.4) is 0 Å². The van der Waals surface area contributed by atoms with E-state index in [0.29, 0.717) is 0 Å². The van der Waals surface area contributed by atoms with Crippen LogP contribution in [0.2, 0.25) is 0 Å². The van der Waals surface area contributed by atoms with Gasteiger partial charge in [-0.05, 0) is 44.7 Å². The van der Waals surface area contributed by atoms with Crippen LogP contribution in [0.1, 0.15) is 0 Å². The largest absolute Gasteiger partial charge is 0.455 e. The Morgan fingerprint density at radius 3 is 1.41 bits per heavy atom. The first-order valence-electron chi connectivity index (χ1n) is 13.9. The van der Waals surface area contributed by atoms with E-state index in [1.165, 1.54) is 27.5 Å².